The van der Waals surface area contributed by atoms with E-state index in [1.165, 1.54) is 6.92 Å². The Morgan fingerprint density at radius 2 is 1.71 bits per heavy atom. The van der Waals surface area contributed by atoms with Crippen molar-refractivity contribution in [3.63, 3.8) is 0 Å². The molecule has 1 rings (SSSR count). The summed E-state index contributed by atoms with van der Waals surface area (Å²) in [7, 11) is 0. The van der Waals surface area contributed by atoms with Gasteiger partial charge in [-0.3, -0.25) is 9.59 Å². The summed E-state index contributed by atoms with van der Waals surface area (Å²) in [6.45, 7) is 1.32. The number of carbonyl (C=O) groups excluding carboxylic acids is 2. The molecule has 1 aromatic rings. The Hall–Kier alpha value is -1.26. The molecular formula is C11H12Cl2N2O2. The topological polar surface area (TPSA) is 58.2 Å². The van der Waals surface area contributed by atoms with Crippen molar-refractivity contribution in [3.8, 4) is 0 Å². The average Bonchev–Trinajstić information content (AvgIpc) is 2.28. The number of hydrogen-bond donors (Lipinski definition) is 2. The molecule has 0 fully saturated rings. The first-order valence-corrected chi connectivity index (χ1v) is 5.79. The molecule has 0 unspecified atom stereocenters. The molecule has 4 nitrogen and oxygen atoms in total. The molecule has 2 N–H and O–H groups in total. The number of hydrogen-bond acceptors (Lipinski definition) is 2. The summed E-state index contributed by atoms with van der Waals surface area (Å²) in [6, 6.07) is 8.58. The fourth-order valence-electron chi connectivity index (χ4n) is 1.20. The first-order chi connectivity index (χ1) is 8.00. The van der Waals surface area contributed by atoms with Gasteiger partial charge in [0.25, 0.3) is 5.91 Å². The molecule has 0 radical (unpaired) electrons. The SMILES string of the molecule is CC(=O)N[C@@H](NC(=O)c1ccccc1)C(Cl)Cl. The fraction of sp³-hybridized carbons (Fsp3) is 0.273. The number of nitrogens with one attached hydrogen (secondary N) is 2. The molecule has 0 heterocycles. The van der Waals surface area contributed by atoms with Crippen LogP contribution in [0.15, 0.2) is 30.3 Å². The summed E-state index contributed by atoms with van der Waals surface area (Å²) in [4.78, 5) is 21.7. The first-order valence-electron chi connectivity index (χ1n) is 4.92. The third-order valence-electron chi connectivity index (χ3n) is 1.93. The Kier molecular flexibility index (Phi) is 5.25. The van der Waals surface area contributed by atoms with Crippen LogP contribution in [0.2, 0.25) is 0 Å². The minimum Gasteiger partial charge on any atom is -0.334 e. The highest BCUT2D eigenvalue weighted by Crippen LogP contribution is 2.07. The normalized spacial score (nSPS) is 12.0. The van der Waals surface area contributed by atoms with E-state index in [1.807, 2.05) is 0 Å². The molecule has 92 valence electrons. The van der Waals surface area contributed by atoms with Crippen LogP contribution >= 0.6 is 23.2 Å². The highest BCUT2D eigenvalue weighted by molar-refractivity contribution is 6.44. The van der Waals surface area contributed by atoms with E-state index in [0.29, 0.717) is 5.56 Å². The van der Waals surface area contributed by atoms with Crippen LogP contribution in [0, 0.1) is 0 Å². The second kappa shape index (κ2) is 6.47. The maximum Gasteiger partial charge on any atom is 0.252 e. The van der Waals surface area contributed by atoms with Crippen LogP contribution in [-0.4, -0.2) is 22.8 Å². The molecule has 0 saturated carbocycles. The Balaban J connectivity index is 2.68. The van der Waals surface area contributed by atoms with Crippen molar-refractivity contribution >= 4 is 35.0 Å². The number of halogens is 2. The van der Waals surface area contributed by atoms with Gasteiger partial charge in [0.15, 0.2) is 0 Å². The predicted octanol–water partition coefficient (Wildman–Crippen LogP) is 1.68. The fourth-order valence-corrected chi connectivity index (χ4v) is 1.45. The summed E-state index contributed by atoms with van der Waals surface area (Å²) < 4.78 is 0. The largest absolute Gasteiger partial charge is 0.334 e. The van der Waals surface area contributed by atoms with Crippen LogP contribution in [0.5, 0.6) is 0 Å². The van der Waals surface area contributed by atoms with Gasteiger partial charge >= 0.3 is 0 Å². The van der Waals surface area contributed by atoms with Gasteiger partial charge in [-0.25, -0.2) is 0 Å². The van der Waals surface area contributed by atoms with Crippen molar-refractivity contribution in [2.75, 3.05) is 0 Å². The first kappa shape index (κ1) is 13.8. The maximum atomic E-state index is 11.8. The predicted molar refractivity (Wildman–Crippen MR) is 67.0 cm³/mol. The lowest BCUT2D eigenvalue weighted by atomic mass is 10.2. The molecule has 0 aliphatic carbocycles. The molecule has 0 aromatic heterocycles. The lowest BCUT2D eigenvalue weighted by Crippen LogP contribution is -2.51. The van der Waals surface area contributed by atoms with Crippen molar-refractivity contribution in [3.05, 3.63) is 35.9 Å². The Labute approximate surface area is 109 Å². The summed E-state index contributed by atoms with van der Waals surface area (Å²) in [5, 5.41) is 4.97. The molecule has 0 spiro atoms. The summed E-state index contributed by atoms with van der Waals surface area (Å²) >= 11 is 11.3. The average molecular weight is 275 g/mol. The summed E-state index contributed by atoms with van der Waals surface area (Å²) in [5.41, 5.74) is 0.469. The van der Waals surface area contributed by atoms with E-state index in [-0.39, 0.29) is 11.8 Å². The maximum absolute atomic E-state index is 11.8. The lowest BCUT2D eigenvalue weighted by molar-refractivity contribution is -0.119. The van der Waals surface area contributed by atoms with Crippen LogP contribution < -0.4 is 10.6 Å². The van der Waals surface area contributed by atoms with Crippen LogP contribution in [0.25, 0.3) is 0 Å². The number of rotatable bonds is 4. The monoisotopic (exact) mass is 274 g/mol. The third-order valence-corrected chi connectivity index (χ3v) is 2.44. The van der Waals surface area contributed by atoms with E-state index in [2.05, 4.69) is 10.6 Å². The molecule has 2 amide bonds. The zero-order valence-corrected chi connectivity index (χ0v) is 10.6. The van der Waals surface area contributed by atoms with Crippen molar-refractivity contribution in [1.29, 1.82) is 0 Å². The van der Waals surface area contributed by atoms with E-state index in [4.69, 9.17) is 23.2 Å². The quantitative estimate of drug-likeness (QED) is 0.649. The van der Waals surface area contributed by atoms with Crippen LogP contribution in [0.4, 0.5) is 0 Å². The van der Waals surface area contributed by atoms with E-state index >= 15 is 0 Å². The zero-order chi connectivity index (χ0) is 12.8. The lowest BCUT2D eigenvalue weighted by Gasteiger charge is -2.20. The molecule has 0 saturated heterocycles. The second-order valence-electron chi connectivity index (χ2n) is 3.35. The van der Waals surface area contributed by atoms with Crippen LogP contribution in [0.1, 0.15) is 17.3 Å². The summed E-state index contributed by atoms with van der Waals surface area (Å²) in [6.07, 6.45) is -0.816. The minimum atomic E-state index is -0.924. The highest BCUT2D eigenvalue weighted by Gasteiger charge is 2.20. The van der Waals surface area contributed by atoms with Crippen molar-refractivity contribution in [1.82, 2.24) is 10.6 Å². The minimum absolute atomic E-state index is 0.324. The Morgan fingerprint density at radius 1 is 1.12 bits per heavy atom. The molecule has 1 aromatic carbocycles. The smallest absolute Gasteiger partial charge is 0.252 e. The van der Waals surface area contributed by atoms with E-state index in [0.717, 1.165) is 0 Å². The molecule has 17 heavy (non-hydrogen) atoms. The molecular weight excluding hydrogens is 263 g/mol. The highest BCUT2D eigenvalue weighted by atomic mass is 35.5. The van der Waals surface area contributed by atoms with Gasteiger partial charge in [0, 0.05) is 12.5 Å². The Morgan fingerprint density at radius 3 is 2.18 bits per heavy atom. The van der Waals surface area contributed by atoms with Gasteiger partial charge in [-0.1, -0.05) is 18.2 Å². The van der Waals surface area contributed by atoms with Gasteiger partial charge in [0.1, 0.15) is 11.0 Å². The molecule has 0 bridgehead atoms. The molecule has 1 atom stereocenters. The number of benzene rings is 1. The van der Waals surface area contributed by atoms with E-state index < -0.39 is 11.0 Å². The standard InChI is InChI=1S/C11H12Cl2N2O2/c1-7(16)14-10(9(12)13)15-11(17)8-5-3-2-4-6-8/h2-6,9-10H,1H3,(H,14,16)(H,15,17)/t10-/m0/s1. The van der Waals surface area contributed by atoms with Gasteiger partial charge in [0.05, 0.1) is 0 Å². The van der Waals surface area contributed by atoms with Gasteiger partial charge in [0.2, 0.25) is 5.91 Å². The van der Waals surface area contributed by atoms with Crippen molar-refractivity contribution < 1.29 is 9.59 Å². The molecule has 0 aliphatic rings. The van der Waals surface area contributed by atoms with Gasteiger partial charge in [-0.15, -0.1) is 23.2 Å². The number of alkyl halides is 2. The molecule has 0 aliphatic heterocycles. The zero-order valence-electron chi connectivity index (χ0n) is 9.11. The Bertz CT molecular complexity index is 396. The van der Waals surface area contributed by atoms with Crippen molar-refractivity contribution in [2.45, 2.75) is 17.9 Å². The second-order valence-corrected chi connectivity index (χ2v) is 4.52. The van der Waals surface area contributed by atoms with Gasteiger partial charge < -0.3 is 10.6 Å². The van der Waals surface area contributed by atoms with Crippen molar-refractivity contribution in [2.24, 2.45) is 0 Å². The van der Waals surface area contributed by atoms with Crippen LogP contribution in [-0.2, 0) is 4.79 Å². The van der Waals surface area contributed by atoms with Gasteiger partial charge in [-0.05, 0) is 12.1 Å². The number of carbonyl (C=O) groups is 2. The number of amides is 2. The van der Waals surface area contributed by atoms with E-state index in [9.17, 15) is 9.59 Å². The molecule has 6 heteroatoms. The van der Waals surface area contributed by atoms with E-state index in [1.54, 1.807) is 30.3 Å². The third kappa shape index (κ3) is 4.63. The van der Waals surface area contributed by atoms with Gasteiger partial charge in [-0.2, -0.15) is 0 Å². The van der Waals surface area contributed by atoms with Crippen LogP contribution in [0.3, 0.4) is 0 Å². The summed E-state index contributed by atoms with van der Waals surface area (Å²) in [5.74, 6) is -0.676.